The molecule has 2 rings (SSSR count). The molecule has 0 aliphatic heterocycles. The molecule has 0 spiro atoms. The molecule has 6 nitrogen and oxygen atoms in total. The Bertz CT molecular complexity index is 772. The summed E-state index contributed by atoms with van der Waals surface area (Å²) in [4.78, 5) is 11.8. The Morgan fingerprint density at radius 1 is 1.04 bits per heavy atom. The number of ether oxygens (including phenoxy) is 3. The first-order chi connectivity index (χ1) is 12.0. The van der Waals surface area contributed by atoms with Gasteiger partial charge < -0.3 is 14.2 Å². The molecule has 0 atom stereocenters. The van der Waals surface area contributed by atoms with Crippen molar-refractivity contribution in [1.29, 1.82) is 0 Å². The SMILES string of the molecule is COc1ccc(C=NNC(=O)COc2ccc(C)cc2C)cc1OC. The van der Waals surface area contributed by atoms with Crippen LogP contribution in [0.4, 0.5) is 0 Å². The molecule has 2 aromatic rings. The molecule has 0 bridgehead atoms. The second kappa shape index (κ2) is 8.73. The first-order valence-corrected chi connectivity index (χ1v) is 7.77. The van der Waals surface area contributed by atoms with Gasteiger partial charge in [0.15, 0.2) is 18.1 Å². The zero-order valence-corrected chi connectivity index (χ0v) is 14.8. The highest BCUT2D eigenvalue weighted by Gasteiger charge is 2.05. The quantitative estimate of drug-likeness (QED) is 0.620. The van der Waals surface area contributed by atoms with Crippen molar-refractivity contribution >= 4 is 12.1 Å². The molecule has 0 unspecified atom stereocenters. The van der Waals surface area contributed by atoms with Crippen molar-refractivity contribution in [3.8, 4) is 17.2 Å². The van der Waals surface area contributed by atoms with Crippen molar-refractivity contribution < 1.29 is 19.0 Å². The number of aryl methyl sites for hydroxylation is 2. The molecular formula is C19H22N2O4. The van der Waals surface area contributed by atoms with Crippen LogP contribution in [-0.2, 0) is 4.79 Å². The summed E-state index contributed by atoms with van der Waals surface area (Å²) in [6.45, 7) is 3.84. The van der Waals surface area contributed by atoms with Crippen LogP contribution in [0, 0.1) is 13.8 Å². The largest absolute Gasteiger partial charge is 0.493 e. The molecule has 6 heteroatoms. The molecule has 132 valence electrons. The number of hydrogen-bond acceptors (Lipinski definition) is 5. The molecule has 0 heterocycles. The third kappa shape index (κ3) is 5.24. The Morgan fingerprint density at radius 2 is 1.76 bits per heavy atom. The van der Waals surface area contributed by atoms with E-state index in [1.807, 2.05) is 38.1 Å². The van der Waals surface area contributed by atoms with Gasteiger partial charge in [-0.1, -0.05) is 17.7 Å². The molecule has 0 aromatic heterocycles. The first-order valence-electron chi connectivity index (χ1n) is 7.77. The van der Waals surface area contributed by atoms with Gasteiger partial charge in [0, 0.05) is 0 Å². The number of hydrogen-bond donors (Lipinski definition) is 1. The Kier molecular flexibility index (Phi) is 6.39. The molecule has 0 saturated carbocycles. The molecule has 2 aromatic carbocycles. The Labute approximate surface area is 147 Å². The Balaban J connectivity index is 1.88. The molecular weight excluding hydrogens is 320 g/mol. The third-order valence-electron chi connectivity index (χ3n) is 3.50. The average molecular weight is 342 g/mol. The summed E-state index contributed by atoms with van der Waals surface area (Å²) in [6.07, 6.45) is 1.52. The minimum Gasteiger partial charge on any atom is -0.493 e. The number of hydrazone groups is 1. The van der Waals surface area contributed by atoms with Gasteiger partial charge in [-0.3, -0.25) is 4.79 Å². The van der Waals surface area contributed by atoms with E-state index in [2.05, 4.69) is 10.5 Å². The van der Waals surface area contributed by atoms with Crippen LogP contribution in [0.25, 0.3) is 0 Å². The summed E-state index contributed by atoms with van der Waals surface area (Å²) in [5.41, 5.74) is 5.34. The maximum absolute atomic E-state index is 11.8. The zero-order valence-electron chi connectivity index (χ0n) is 14.8. The van der Waals surface area contributed by atoms with Gasteiger partial charge in [0.05, 0.1) is 20.4 Å². The summed E-state index contributed by atoms with van der Waals surface area (Å²) >= 11 is 0. The third-order valence-corrected chi connectivity index (χ3v) is 3.50. The van der Waals surface area contributed by atoms with Crippen molar-refractivity contribution in [3.63, 3.8) is 0 Å². The highest BCUT2D eigenvalue weighted by Crippen LogP contribution is 2.26. The van der Waals surface area contributed by atoms with E-state index in [1.165, 1.54) is 6.21 Å². The lowest BCUT2D eigenvalue weighted by Gasteiger charge is -2.09. The van der Waals surface area contributed by atoms with E-state index in [9.17, 15) is 4.79 Å². The lowest BCUT2D eigenvalue weighted by Crippen LogP contribution is -2.24. The van der Waals surface area contributed by atoms with Gasteiger partial charge in [-0.2, -0.15) is 5.10 Å². The van der Waals surface area contributed by atoms with E-state index in [4.69, 9.17) is 14.2 Å². The van der Waals surface area contributed by atoms with Crippen LogP contribution in [0.3, 0.4) is 0 Å². The summed E-state index contributed by atoms with van der Waals surface area (Å²) < 4.78 is 15.9. The minimum absolute atomic E-state index is 0.104. The number of rotatable bonds is 7. The maximum Gasteiger partial charge on any atom is 0.277 e. The number of carbonyl (C=O) groups excluding carboxylic acids is 1. The van der Waals surface area contributed by atoms with E-state index < -0.39 is 0 Å². The molecule has 0 fully saturated rings. The number of nitrogens with one attached hydrogen (secondary N) is 1. The number of carbonyl (C=O) groups is 1. The molecule has 1 N–H and O–H groups in total. The number of methoxy groups -OCH3 is 2. The predicted molar refractivity (Wildman–Crippen MR) is 96.7 cm³/mol. The maximum atomic E-state index is 11.8. The van der Waals surface area contributed by atoms with Crippen molar-refractivity contribution in [1.82, 2.24) is 5.43 Å². The Morgan fingerprint density at radius 3 is 2.44 bits per heavy atom. The van der Waals surface area contributed by atoms with Gasteiger partial charge >= 0.3 is 0 Å². The highest BCUT2D eigenvalue weighted by molar-refractivity contribution is 5.83. The van der Waals surface area contributed by atoms with Gasteiger partial charge in [0.2, 0.25) is 0 Å². The fourth-order valence-electron chi connectivity index (χ4n) is 2.25. The van der Waals surface area contributed by atoms with Gasteiger partial charge in [-0.25, -0.2) is 5.43 Å². The van der Waals surface area contributed by atoms with Crippen molar-refractivity contribution in [2.45, 2.75) is 13.8 Å². The predicted octanol–water partition coefficient (Wildman–Crippen LogP) is 2.85. The second-order valence-electron chi connectivity index (χ2n) is 5.47. The van der Waals surface area contributed by atoms with E-state index in [1.54, 1.807) is 26.4 Å². The molecule has 0 radical (unpaired) electrons. The van der Waals surface area contributed by atoms with E-state index in [-0.39, 0.29) is 12.5 Å². The van der Waals surface area contributed by atoms with Crippen LogP contribution in [-0.4, -0.2) is 32.9 Å². The number of benzene rings is 2. The van der Waals surface area contributed by atoms with Crippen molar-refractivity contribution in [3.05, 3.63) is 53.1 Å². The molecule has 0 saturated heterocycles. The van der Waals surface area contributed by atoms with Gasteiger partial charge in [-0.15, -0.1) is 0 Å². The lowest BCUT2D eigenvalue weighted by atomic mass is 10.1. The van der Waals surface area contributed by atoms with Crippen LogP contribution in [0.2, 0.25) is 0 Å². The van der Waals surface area contributed by atoms with Gasteiger partial charge in [0.25, 0.3) is 5.91 Å². The number of amides is 1. The average Bonchev–Trinajstić information content (AvgIpc) is 2.60. The van der Waals surface area contributed by atoms with E-state index in [0.29, 0.717) is 17.2 Å². The standard InChI is InChI=1S/C19H22N2O4/c1-13-5-7-16(14(2)9-13)25-12-19(22)21-20-11-15-6-8-17(23-3)18(10-15)24-4/h5-11H,12H2,1-4H3,(H,21,22). The van der Waals surface area contributed by atoms with Crippen LogP contribution < -0.4 is 19.6 Å². The normalized spacial score (nSPS) is 10.6. The van der Waals surface area contributed by atoms with Crippen LogP contribution in [0.1, 0.15) is 16.7 Å². The van der Waals surface area contributed by atoms with E-state index >= 15 is 0 Å². The minimum atomic E-state index is -0.336. The summed E-state index contributed by atoms with van der Waals surface area (Å²) in [5, 5.41) is 3.92. The monoisotopic (exact) mass is 342 g/mol. The molecule has 0 aliphatic carbocycles. The van der Waals surface area contributed by atoms with Crippen LogP contribution in [0.5, 0.6) is 17.2 Å². The van der Waals surface area contributed by atoms with E-state index in [0.717, 1.165) is 16.7 Å². The Hall–Kier alpha value is -3.02. The lowest BCUT2D eigenvalue weighted by molar-refractivity contribution is -0.123. The van der Waals surface area contributed by atoms with Crippen molar-refractivity contribution in [2.24, 2.45) is 5.10 Å². The molecule has 25 heavy (non-hydrogen) atoms. The summed E-state index contributed by atoms with van der Waals surface area (Å²) in [5.74, 6) is 1.57. The smallest absolute Gasteiger partial charge is 0.277 e. The number of nitrogens with zero attached hydrogens (tertiary/aromatic N) is 1. The topological polar surface area (TPSA) is 69.2 Å². The summed E-state index contributed by atoms with van der Waals surface area (Å²) in [6, 6.07) is 11.1. The second-order valence-corrected chi connectivity index (χ2v) is 5.47. The van der Waals surface area contributed by atoms with Crippen LogP contribution in [0.15, 0.2) is 41.5 Å². The van der Waals surface area contributed by atoms with Gasteiger partial charge in [-0.05, 0) is 49.2 Å². The fraction of sp³-hybridized carbons (Fsp3) is 0.263. The van der Waals surface area contributed by atoms with Crippen molar-refractivity contribution in [2.75, 3.05) is 20.8 Å². The molecule has 0 aliphatic rings. The molecule has 1 amide bonds. The van der Waals surface area contributed by atoms with Gasteiger partial charge in [0.1, 0.15) is 5.75 Å². The zero-order chi connectivity index (χ0) is 18.2. The fourth-order valence-corrected chi connectivity index (χ4v) is 2.25. The first kappa shape index (κ1) is 18.3. The van der Waals surface area contributed by atoms with Crippen LogP contribution >= 0.6 is 0 Å². The highest BCUT2D eigenvalue weighted by atomic mass is 16.5. The summed E-state index contributed by atoms with van der Waals surface area (Å²) in [7, 11) is 3.13.